The Morgan fingerprint density at radius 2 is 2.22 bits per heavy atom. The van der Waals surface area contributed by atoms with Crippen LogP contribution >= 0.6 is 11.8 Å². The molecule has 1 aliphatic rings. The monoisotopic (exact) mass is 340 g/mol. The molecular formula is C15H20N2O5S. The van der Waals surface area contributed by atoms with Gasteiger partial charge >= 0.3 is 5.97 Å². The van der Waals surface area contributed by atoms with Gasteiger partial charge in [-0.25, -0.2) is 4.79 Å². The van der Waals surface area contributed by atoms with Crippen LogP contribution in [-0.2, 0) is 16.1 Å². The van der Waals surface area contributed by atoms with Gasteiger partial charge in [0.25, 0.3) is 0 Å². The van der Waals surface area contributed by atoms with Crippen LogP contribution in [0.15, 0.2) is 16.5 Å². The van der Waals surface area contributed by atoms with Crippen LogP contribution in [0.25, 0.3) is 0 Å². The lowest BCUT2D eigenvalue weighted by Gasteiger charge is -2.22. The maximum atomic E-state index is 12.3. The van der Waals surface area contributed by atoms with Gasteiger partial charge in [0.05, 0.1) is 12.4 Å². The molecule has 0 aliphatic carbocycles. The van der Waals surface area contributed by atoms with Crippen molar-refractivity contribution in [3.63, 3.8) is 0 Å². The van der Waals surface area contributed by atoms with Crippen LogP contribution in [0.5, 0.6) is 0 Å². The molecule has 0 aromatic carbocycles. The van der Waals surface area contributed by atoms with Crippen LogP contribution in [0.4, 0.5) is 0 Å². The van der Waals surface area contributed by atoms with E-state index in [-0.39, 0.29) is 24.1 Å². The van der Waals surface area contributed by atoms with E-state index in [9.17, 15) is 14.4 Å². The quantitative estimate of drug-likeness (QED) is 0.783. The summed E-state index contributed by atoms with van der Waals surface area (Å²) >= 11 is 1.55. The summed E-state index contributed by atoms with van der Waals surface area (Å²) in [5.74, 6) is -0.0849. The van der Waals surface area contributed by atoms with E-state index in [0.29, 0.717) is 23.8 Å². The SMILES string of the molecule is CCCCC(=O)N1CSCC1C(=O)NCc1ccc(C(=O)O)o1. The van der Waals surface area contributed by atoms with Crippen LogP contribution in [0.1, 0.15) is 42.5 Å². The van der Waals surface area contributed by atoms with Crippen molar-refractivity contribution in [1.82, 2.24) is 10.2 Å². The second-order valence-electron chi connectivity index (χ2n) is 5.27. The molecule has 126 valence electrons. The average Bonchev–Trinajstić information content (AvgIpc) is 3.19. The van der Waals surface area contributed by atoms with Crippen molar-refractivity contribution in [3.8, 4) is 0 Å². The van der Waals surface area contributed by atoms with Crippen LogP contribution in [-0.4, -0.2) is 45.5 Å². The van der Waals surface area contributed by atoms with Crippen molar-refractivity contribution in [2.45, 2.75) is 38.8 Å². The van der Waals surface area contributed by atoms with Crippen molar-refractivity contribution >= 4 is 29.5 Å². The highest BCUT2D eigenvalue weighted by atomic mass is 32.2. The first-order valence-corrected chi connectivity index (χ1v) is 8.65. The lowest BCUT2D eigenvalue weighted by atomic mass is 10.2. The zero-order valence-electron chi connectivity index (χ0n) is 12.9. The van der Waals surface area contributed by atoms with Crippen molar-refractivity contribution < 1.29 is 23.9 Å². The summed E-state index contributed by atoms with van der Waals surface area (Å²) < 4.78 is 5.09. The van der Waals surface area contributed by atoms with Gasteiger partial charge in [-0.3, -0.25) is 9.59 Å². The summed E-state index contributed by atoms with van der Waals surface area (Å²) in [4.78, 5) is 36.7. The van der Waals surface area contributed by atoms with E-state index >= 15 is 0 Å². The second-order valence-corrected chi connectivity index (χ2v) is 6.27. The maximum absolute atomic E-state index is 12.3. The zero-order valence-corrected chi connectivity index (χ0v) is 13.7. The fourth-order valence-electron chi connectivity index (χ4n) is 2.26. The van der Waals surface area contributed by atoms with E-state index in [1.54, 1.807) is 16.7 Å². The molecule has 1 fully saturated rings. The highest BCUT2D eigenvalue weighted by Crippen LogP contribution is 2.22. The molecule has 1 aromatic rings. The van der Waals surface area contributed by atoms with Crippen LogP contribution in [0.2, 0.25) is 0 Å². The van der Waals surface area contributed by atoms with Crippen LogP contribution < -0.4 is 5.32 Å². The van der Waals surface area contributed by atoms with E-state index in [2.05, 4.69) is 5.32 Å². The summed E-state index contributed by atoms with van der Waals surface area (Å²) in [5, 5.41) is 11.5. The lowest BCUT2D eigenvalue weighted by Crippen LogP contribution is -2.47. The zero-order chi connectivity index (χ0) is 16.8. The largest absolute Gasteiger partial charge is 0.475 e. The molecule has 8 heteroatoms. The van der Waals surface area contributed by atoms with E-state index in [0.717, 1.165) is 12.8 Å². The number of carbonyl (C=O) groups is 3. The standard InChI is InChI=1S/C15H20N2O5S/c1-2-3-4-13(18)17-9-23-8-11(17)14(19)16-7-10-5-6-12(22-10)15(20)21/h5-6,11H,2-4,7-9H2,1H3,(H,16,19)(H,20,21). The predicted molar refractivity (Wildman–Crippen MR) is 85.0 cm³/mol. The lowest BCUT2D eigenvalue weighted by molar-refractivity contribution is -0.138. The first-order chi connectivity index (χ1) is 11.0. The molecule has 0 spiro atoms. The van der Waals surface area contributed by atoms with E-state index in [1.807, 2.05) is 6.92 Å². The molecule has 2 N–H and O–H groups in total. The molecule has 0 saturated carbocycles. The molecule has 2 rings (SSSR count). The Kier molecular flexibility index (Phi) is 6.09. The minimum absolute atomic E-state index is 0.00293. The number of amides is 2. The Morgan fingerprint density at radius 1 is 1.43 bits per heavy atom. The van der Waals surface area contributed by atoms with Gasteiger partial charge in [-0.15, -0.1) is 11.8 Å². The molecular weight excluding hydrogens is 320 g/mol. The smallest absolute Gasteiger partial charge is 0.371 e. The minimum atomic E-state index is -1.15. The number of hydrogen-bond acceptors (Lipinski definition) is 5. The molecule has 1 saturated heterocycles. The molecule has 2 amide bonds. The van der Waals surface area contributed by atoms with Gasteiger partial charge in [0, 0.05) is 12.2 Å². The Balaban J connectivity index is 1.88. The Labute approximate surface area is 138 Å². The van der Waals surface area contributed by atoms with Crippen LogP contribution in [0, 0.1) is 0 Å². The first kappa shape index (κ1) is 17.4. The fraction of sp³-hybridized carbons (Fsp3) is 0.533. The highest BCUT2D eigenvalue weighted by Gasteiger charge is 2.34. The average molecular weight is 340 g/mol. The van der Waals surface area contributed by atoms with Gasteiger partial charge in [-0.1, -0.05) is 13.3 Å². The van der Waals surface area contributed by atoms with Crippen LogP contribution in [0.3, 0.4) is 0 Å². The number of unbranched alkanes of at least 4 members (excludes halogenated alkanes) is 1. The third-order valence-electron chi connectivity index (χ3n) is 3.56. The summed E-state index contributed by atoms with van der Waals surface area (Å²) in [6.45, 7) is 2.12. The molecule has 0 bridgehead atoms. The fourth-order valence-corrected chi connectivity index (χ4v) is 3.44. The number of nitrogens with zero attached hydrogens (tertiary/aromatic N) is 1. The third kappa shape index (κ3) is 4.51. The normalized spacial score (nSPS) is 17.3. The summed E-state index contributed by atoms with van der Waals surface area (Å²) in [7, 11) is 0. The predicted octanol–water partition coefficient (Wildman–Crippen LogP) is 1.69. The number of hydrogen-bond donors (Lipinski definition) is 2. The Bertz CT molecular complexity index is 586. The van der Waals surface area contributed by atoms with Crippen molar-refractivity contribution in [2.75, 3.05) is 11.6 Å². The third-order valence-corrected chi connectivity index (χ3v) is 4.57. The molecule has 0 radical (unpaired) electrons. The number of carbonyl (C=O) groups excluding carboxylic acids is 2. The molecule has 23 heavy (non-hydrogen) atoms. The number of nitrogens with one attached hydrogen (secondary N) is 1. The van der Waals surface area contributed by atoms with Gasteiger partial charge in [0.2, 0.25) is 17.6 Å². The molecule has 1 atom stereocenters. The number of aromatic carboxylic acids is 1. The summed E-state index contributed by atoms with van der Waals surface area (Å²) in [6, 6.07) is 2.38. The molecule has 7 nitrogen and oxygen atoms in total. The number of rotatable bonds is 7. The molecule has 1 aromatic heterocycles. The van der Waals surface area contributed by atoms with Crippen molar-refractivity contribution in [3.05, 3.63) is 23.7 Å². The minimum Gasteiger partial charge on any atom is -0.475 e. The second kappa shape index (κ2) is 8.05. The number of carboxylic acid groups (broad SMARTS) is 1. The van der Waals surface area contributed by atoms with Gasteiger partial charge in [0.15, 0.2) is 0 Å². The topological polar surface area (TPSA) is 99.9 Å². The Morgan fingerprint density at radius 3 is 2.87 bits per heavy atom. The number of thioether (sulfide) groups is 1. The molecule has 1 unspecified atom stereocenters. The van der Waals surface area contributed by atoms with Crippen molar-refractivity contribution in [2.24, 2.45) is 0 Å². The summed E-state index contributed by atoms with van der Waals surface area (Å²) in [6.07, 6.45) is 2.22. The van der Waals surface area contributed by atoms with Gasteiger partial charge in [-0.2, -0.15) is 0 Å². The summed E-state index contributed by atoms with van der Waals surface area (Å²) in [5.41, 5.74) is 0. The van der Waals surface area contributed by atoms with E-state index < -0.39 is 12.0 Å². The number of carboxylic acids is 1. The highest BCUT2D eigenvalue weighted by molar-refractivity contribution is 7.99. The van der Waals surface area contributed by atoms with E-state index in [1.165, 1.54) is 12.1 Å². The van der Waals surface area contributed by atoms with Gasteiger partial charge < -0.3 is 19.7 Å². The van der Waals surface area contributed by atoms with E-state index in [4.69, 9.17) is 9.52 Å². The van der Waals surface area contributed by atoms with Gasteiger partial charge in [-0.05, 0) is 18.6 Å². The van der Waals surface area contributed by atoms with Gasteiger partial charge in [0.1, 0.15) is 11.8 Å². The molecule has 2 heterocycles. The Hall–Kier alpha value is -1.96. The first-order valence-electron chi connectivity index (χ1n) is 7.49. The maximum Gasteiger partial charge on any atom is 0.371 e. The molecule has 1 aliphatic heterocycles. The van der Waals surface area contributed by atoms with Crippen molar-refractivity contribution in [1.29, 1.82) is 0 Å². The number of furan rings is 1.